The lowest BCUT2D eigenvalue weighted by Gasteiger charge is -2.33. The van der Waals surface area contributed by atoms with Crippen LogP contribution in [0.1, 0.15) is 54.1 Å². The lowest BCUT2D eigenvalue weighted by molar-refractivity contribution is -0.138. The summed E-state index contributed by atoms with van der Waals surface area (Å²) in [6, 6.07) is 17.5. The topological polar surface area (TPSA) is 122 Å². The molecule has 1 heterocycles. The highest BCUT2D eigenvalue weighted by molar-refractivity contribution is 5.94. The fourth-order valence-corrected chi connectivity index (χ4v) is 4.19. The summed E-state index contributed by atoms with van der Waals surface area (Å²) in [6.07, 6.45) is -0.627. The van der Waals surface area contributed by atoms with Crippen LogP contribution in [0.4, 0.5) is 4.79 Å². The molecule has 0 aliphatic heterocycles. The third-order valence-electron chi connectivity index (χ3n) is 5.88. The Bertz CT molecular complexity index is 1210. The van der Waals surface area contributed by atoms with Crippen molar-refractivity contribution in [3.8, 4) is 11.1 Å². The molecule has 1 aromatic heterocycles. The standard InChI is InChI=1S/C26H27N3O6/c1-26(2,3)29(14-23(30)31)24(32)22-12-16(35-28-22)13-27-25(33)34-15-21-19-10-6-4-8-17(19)18-9-5-7-11-20(18)21/h4-12,21H,13-15H2,1-3H3,(H,27,33)(H,30,31). The van der Waals surface area contributed by atoms with Crippen molar-refractivity contribution < 1.29 is 28.8 Å². The molecule has 0 atom stereocenters. The fraction of sp³-hybridized carbons (Fsp3) is 0.308. The Hall–Kier alpha value is -4.14. The second-order valence-electron chi connectivity index (χ2n) is 9.31. The number of alkyl carbamates (subject to hydrolysis) is 1. The van der Waals surface area contributed by atoms with E-state index in [1.165, 1.54) is 11.0 Å². The molecule has 0 fully saturated rings. The number of fused-ring (bicyclic) bond motifs is 3. The molecule has 0 saturated carbocycles. The number of nitrogens with zero attached hydrogens (tertiary/aromatic N) is 2. The third-order valence-corrected chi connectivity index (χ3v) is 5.88. The van der Waals surface area contributed by atoms with E-state index in [2.05, 4.69) is 22.6 Å². The van der Waals surface area contributed by atoms with E-state index < -0.39 is 30.1 Å². The average Bonchev–Trinajstić information content (AvgIpc) is 3.42. The minimum atomic E-state index is -1.13. The first-order chi connectivity index (χ1) is 16.6. The summed E-state index contributed by atoms with van der Waals surface area (Å²) in [4.78, 5) is 37.5. The number of rotatable bonds is 7. The predicted octanol–water partition coefficient (Wildman–Crippen LogP) is 4.04. The molecule has 2 N–H and O–H groups in total. The van der Waals surface area contributed by atoms with Crippen LogP contribution in [0.3, 0.4) is 0 Å². The molecule has 9 heteroatoms. The highest BCUT2D eigenvalue weighted by atomic mass is 16.5. The maximum Gasteiger partial charge on any atom is 0.407 e. The Labute approximate surface area is 202 Å². The number of carbonyl (C=O) groups is 3. The van der Waals surface area contributed by atoms with Crippen LogP contribution < -0.4 is 5.32 Å². The van der Waals surface area contributed by atoms with Crippen LogP contribution in [0.25, 0.3) is 11.1 Å². The van der Waals surface area contributed by atoms with E-state index in [1.807, 2.05) is 36.4 Å². The molecule has 4 rings (SSSR count). The van der Waals surface area contributed by atoms with Crippen molar-refractivity contribution in [1.29, 1.82) is 0 Å². The summed E-state index contributed by atoms with van der Waals surface area (Å²) in [5.41, 5.74) is 3.75. The number of hydrogen-bond acceptors (Lipinski definition) is 6. The summed E-state index contributed by atoms with van der Waals surface area (Å²) in [5, 5.41) is 15.5. The Morgan fingerprint density at radius 2 is 1.66 bits per heavy atom. The van der Waals surface area contributed by atoms with Crippen LogP contribution in [0.5, 0.6) is 0 Å². The van der Waals surface area contributed by atoms with Crippen molar-refractivity contribution >= 4 is 18.0 Å². The quantitative estimate of drug-likeness (QED) is 0.527. The maximum atomic E-state index is 12.8. The van der Waals surface area contributed by atoms with Crippen LogP contribution in [0.15, 0.2) is 59.1 Å². The number of carboxylic acid groups (broad SMARTS) is 1. The molecule has 0 bridgehead atoms. The molecule has 0 saturated heterocycles. The zero-order valence-corrected chi connectivity index (χ0v) is 19.8. The molecule has 2 aromatic carbocycles. The first-order valence-corrected chi connectivity index (χ1v) is 11.2. The zero-order chi connectivity index (χ0) is 25.2. The summed E-state index contributed by atoms with van der Waals surface area (Å²) in [6.45, 7) is 4.86. The van der Waals surface area contributed by atoms with Crippen molar-refractivity contribution in [2.24, 2.45) is 0 Å². The van der Waals surface area contributed by atoms with Crippen LogP contribution in [-0.2, 0) is 16.1 Å². The maximum absolute atomic E-state index is 12.8. The average molecular weight is 478 g/mol. The zero-order valence-electron chi connectivity index (χ0n) is 19.8. The third kappa shape index (κ3) is 5.18. The van der Waals surface area contributed by atoms with Gasteiger partial charge in [-0.1, -0.05) is 53.7 Å². The van der Waals surface area contributed by atoms with Gasteiger partial charge in [0.25, 0.3) is 5.91 Å². The number of carbonyl (C=O) groups excluding carboxylic acids is 2. The molecule has 1 aliphatic carbocycles. The molecular weight excluding hydrogens is 450 g/mol. The van der Waals surface area contributed by atoms with Gasteiger partial charge in [-0.25, -0.2) is 4.79 Å². The molecule has 182 valence electrons. The lowest BCUT2D eigenvalue weighted by Crippen LogP contribution is -2.48. The summed E-state index contributed by atoms with van der Waals surface area (Å²) < 4.78 is 10.6. The number of ether oxygens (including phenoxy) is 1. The molecule has 35 heavy (non-hydrogen) atoms. The van der Waals surface area contributed by atoms with E-state index in [-0.39, 0.29) is 30.5 Å². The van der Waals surface area contributed by atoms with E-state index in [9.17, 15) is 14.4 Å². The van der Waals surface area contributed by atoms with Crippen molar-refractivity contribution in [3.05, 3.63) is 77.2 Å². The summed E-state index contributed by atoms with van der Waals surface area (Å²) in [7, 11) is 0. The fourth-order valence-electron chi connectivity index (χ4n) is 4.19. The highest BCUT2D eigenvalue weighted by Crippen LogP contribution is 2.44. The minimum Gasteiger partial charge on any atom is -0.480 e. The first kappa shape index (κ1) is 24.0. The van der Waals surface area contributed by atoms with Crippen LogP contribution in [0.2, 0.25) is 0 Å². The van der Waals surface area contributed by atoms with Crippen molar-refractivity contribution in [2.75, 3.05) is 13.2 Å². The van der Waals surface area contributed by atoms with Gasteiger partial charge in [-0.05, 0) is 43.0 Å². The largest absolute Gasteiger partial charge is 0.480 e. The lowest BCUT2D eigenvalue weighted by atomic mass is 9.98. The van der Waals surface area contributed by atoms with Crippen molar-refractivity contribution in [1.82, 2.24) is 15.4 Å². The van der Waals surface area contributed by atoms with E-state index >= 15 is 0 Å². The van der Waals surface area contributed by atoms with Gasteiger partial charge in [0.1, 0.15) is 13.2 Å². The van der Waals surface area contributed by atoms with Gasteiger partial charge in [0.15, 0.2) is 11.5 Å². The van der Waals surface area contributed by atoms with E-state index in [1.54, 1.807) is 20.8 Å². The van der Waals surface area contributed by atoms with Crippen molar-refractivity contribution in [3.63, 3.8) is 0 Å². The monoisotopic (exact) mass is 477 g/mol. The van der Waals surface area contributed by atoms with Gasteiger partial charge in [-0.3, -0.25) is 9.59 Å². The Morgan fingerprint density at radius 1 is 1.06 bits per heavy atom. The number of benzene rings is 2. The van der Waals surface area contributed by atoms with Gasteiger partial charge in [0.05, 0.1) is 6.54 Å². The Kier molecular flexibility index (Phi) is 6.59. The molecular formula is C26H27N3O6. The number of nitrogens with one attached hydrogen (secondary N) is 1. The Morgan fingerprint density at radius 3 is 2.23 bits per heavy atom. The normalized spacial score (nSPS) is 12.5. The second-order valence-corrected chi connectivity index (χ2v) is 9.31. The number of hydrogen-bond donors (Lipinski definition) is 2. The van der Waals surface area contributed by atoms with Crippen LogP contribution in [0, 0.1) is 0 Å². The molecule has 0 unspecified atom stereocenters. The number of aliphatic carboxylic acids is 1. The van der Waals surface area contributed by atoms with E-state index in [4.69, 9.17) is 14.4 Å². The van der Waals surface area contributed by atoms with Gasteiger partial charge in [-0.2, -0.15) is 0 Å². The molecule has 3 aromatic rings. The highest BCUT2D eigenvalue weighted by Gasteiger charge is 2.31. The van der Waals surface area contributed by atoms with E-state index in [0.717, 1.165) is 22.3 Å². The number of amides is 2. The molecule has 1 aliphatic rings. The van der Waals surface area contributed by atoms with Gasteiger partial charge in [-0.15, -0.1) is 0 Å². The van der Waals surface area contributed by atoms with E-state index in [0.29, 0.717) is 0 Å². The van der Waals surface area contributed by atoms with Crippen LogP contribution in [-0.4, -0.2) is 51.8 Å². The minimum absolute atomic E-state index is 0.0363. The molecule has 9 nitrogen and oxygen atoms in total. The van der Waals surface area contributed by atoms with Crippen LogP contribution >= 0.6 is 0 Å². The molecule has 0 radical (unpaired) electrons. The summed E-state index contributed by atoms with van der Waals surface area (Å²) in [5.74, 6) is -1.52. The predicted molar refractivity (Wildman–Crippen MR) is 127 cm³/mol. The van der Waals surface area contributed by atoms with Gasteiger partial charge < -0.3 is 24.6 Å². The second kappa shape index (κ2) is 9.61. The number of aromatic nitrogens is 1. The van der Waals surface area contributed by atoms with Gasteiger partial charge in [0.2, 0.25) is 0 Å². The smallest absolute Gasteiger partial charge is 0.407 e. The van der Waals surface area contributed by atoms with Gasteiger partial charge in [0, 0.05) is 17.5 Å². The number of carboxylic acids is 1. The molecule has 0 spiro atoms. The summed E-state index contributed by atoms with van der Waals surface area (Å²) >= 11 is 0. The van der Waals surface area contributed by atoms with Crippen molar-refractivity contribution in [2.45, 2.75) is 38.8 Å². The first-order valence-electron chi connectivity index (χ1n) is 11.2. The Balaban J connectivity index is 1.35. The van der Waals surface area contributed by atoms with Gasteiger partial charge >= 0.3 is 12.1 Å². The SMILES string of the molecule is CC(C)(C)N(CC(=O)O)C(=O)c1cc(CNC(=O)OCC2c3ccccc3-c3ccccc32)on1. The molecule has 2 amide bonds.